The van der Waals surface area contributed by atoms with Crippen LogP contribution in [0.25, 0.3) is 0 Å². The van der Waals surface area contributed by atoms with E-state index in [2.05, 4.69) is 11.9 Å². The van der Waals surface area contributed by atoms with Crippen molar-refractivity contribution < 1.29 is 4.79 Å². The first-order chi connectivity index (χ1) is 5.69. The van der Waals surface area contributed by atoms with Crippen molar-refractivity contribution in [2.24, 2.45) is 5.41 Å². The summed E-state index contributed by atoms with van der Waals surface area (Å²) >= 11 is 0. The lowest BCUT2D eigenvalue weighted by Gasteiger charge is -2.24. The third-order valence-electron chi connectivity index (χ3n) is 2.58. The van der Waals surface area contributed by atoms with Gasteiger partial charge in [0.25, 0.3) is 0 Å². The predicted molar refractivity (Wildman–Crippen MR) is 49.8 cm³/mol. The second-order valence-electron chi connectivity index (χ2n) is 3.77. The first-order valence-corrected chi connectivity index (χ1v) is 4.58. The summed E-state index contributed by atoms with van der Waals surface area (Å²) in [5.41, 5.74) is -0.196. The molecule has 1 aliphatic heterocycles. The Morgan fingerprint density at radius 2 is 2.42 bits per heavy atom. The Bertz CT molecular complexity index is 188. The number of rotatable bonds is 2. The third kappa shape index (κ3) is 1.87. The maximum atomic E-state index is 11.6. The molecule has 0 saturated carbocycles. The van der Waals surface area contributed by atoms with Crippen LogP contribution in [0.2, 0.25) is 0 Å². The topological polar surface area (TPSA) is 29.1 Å². The molecule has 12 heavy (non-hydrogen) atoms. The van der Waals surface area contributed by atoms with Crippen molar-refractivity contribution in [3.05, 3.63) is 12.7 Å². The van der Waals surface area contributed by atoms with Gasteiger partial charge in [-0.1, -0.05) is 19.4 Å². The van der Waals surface area contributed by atoms with E-state index >= 15 is 0 Å². The fourth-order valence-electron chi connectivity index (χ4n) is 1.68. The summed E-state index contributed by atoms with van der Waals surface area (Å²) in [5, 5.41) is 2.93. The second kappa shape index (κ2) is 3.74. The number of amides is 1. The standard InChI is InChI=1S/C10H17NO/c1-3-6-10(2)7-4-5-8-11-9(10)12/h3H,1,4-8H2,2H3,(H,11,12). The van der Waals surface area contributed by atoms with Gasteiger partial charge in [0.2, 0.25) is 5.91 Å². The van der Waals surface area contributed by atoms with E-state index in [-0.39, 0.29) is 11.3 Å². The van der Waals surface area contributed by atoms with E-state index < -0.39 is 0 Å². The number of carbonyl (C=O) groups excluding carboxylic acids is 1. The highest BCUT2D eigenvalue weighted by atomic mass is 16.2. The largest absolute Gasteiger partial charge is 0.356 e. The van der Waals surface area contributed by atoms with Crippen molar-refractivity contribution >= 4 is 5.91 Å². The molecule has 1 amide bonds. The van der Waals surface area contributed by atoms with Crippen LogP contribution < -0.4 is 5.32 Å². The van der Waals surface area contributed by atoms with E-state index in [1.807, 2.05) is 13.0 Å². The number of hydrogen-bond acceptors (Lipinski definition) is 1. The highest BCUT2D eigenvalue weighted by Crippen LogP contribution is 2.30. The zero-order valence-corrected chi connectivity index (χ0v) is 7.73. The molecule has 1 heterocycles. The average molecular weight is 167 g/mol. The quantitative estimate of drug-likeness (QED) is 0.625. The Hall–Kier alpha value is -0.790. The summed E-state index contributed by atoms with van der Waals surface area (Å²) in [7, 11) is 0. The van der Waals surface area contributed by atoms with E-state index in [1.165, 1.54) is 0 Å². The van der Waals surface area contributed by atoms with Crippen molar-refractivity contribution in [2.45, 2.75) is 32.6 Å². The normalized spacial score (nSPS) is 30.6. The van der Waals surface area contributed by atoms with Crippen LogP contribution in [0.3, 0.4) is 0 Å². The zero-order valence-electron chi connectivity index (χ0n) is 7.73. The molecule has 0 radical (unpaired) electrons. The van der Waals surface area contributed by atoms with Crippen LogP contribution in [0, 0.1) is 5.41 Å². The van der Waals surface area contributed by atoms with Gasteiger partial charge >= 0.3 is 0 Å². The molecule has 2 heteroatoms. The van der Waals surface area contributed by atoms with Crippen molar-refractivity contribution in [3.8, 4) is 0 Å². The van der Waals surface area contributed by atoms with Crippen LogP contribution in [0.1, 0.15) is 32.6 Å². The molecule has 1 atom stereocenters. The molecule has 0 aromatic carbocycles. The van der Waals surface area contributed by atoms with Gasteiger partial charge in [-0.2, -0.15) is 0 Å². The highest BCUT2D eigenvalue weighted by Gasteiger charge is 2.32. The SMILES string of the molecule is C=CCC1(C)CCCCNC1=O. The lowest BCUT2D eigenvalue weighted by Crippen LogP contribution is -2.36. The van der Waals surface area contributed by atoms with Gasteiger partial charge in [-0.05, 0) is 19.3 Å². The summed E-state index contributed by atoms with van der Waals surface area (Å²) in [6.45, 7) is 6.55. The molecule has 1 N–H and O–H groups in total. The molecule has 1 fully saturated rings. The smallest absolute Gasteiger partial charge is 0.226 e. The fourth-order valence-corrected chi connectivity index (χ4v) is 1.68. The van der Waals surface area contributed by atoms with Crippen LogP contribution in [0.5, 0.6) is 0 Å². The van der Waals surface area contributed by atoms with Crippen molar-refractivity contribution in [1.82, 2.24) is 5.32 Å². The summed E-state index contributed by atoms with van der Waals surface area (Å²) in [5.74, 6) is 0.194. The van der Waals surface area contributed by atoms with Gasteiger partial charge in [0, 0.05) is 12.0 Å². The molecule has 1 rings (SSSR count). The van der Waals surface area contributed by atoms with Crippen LogP contribution >= 0.6 is 0 Å². The number of hydrogen-bond donors (Lipinski definition) is 1. The number of nitrogens with one attached hydrogen (secondary N) is 1. The summed E-state index contributed by atoms with van der Waals surface area (Å²) in [6.07, 6.45) is 5.87. The first-order valence-electron chi connectivity index (χ1n) is 4.58. The molecular weight excluding hydrogens is 150 g/mol. The first kappa shape index (κ1) is 9.30. The van der Waals surface area contributed by atoms with Gasteiger partial charge in [0.1, 0.15) is 0 Å². The van der Waals surface area contributed by atoms with Gasteiger partial charge in [-0.15, -0.1) is 6.58 Å². The molecule has 0 bridgehead atoms. The monoisotopic (exact) mass is 167 g/mol. The Labute approximate surface area is 74.0 Å². The fraction of sp³-hybridized carbons (Fsp3) is 0.700. The van der Waals surface area contributed by atoms with Crippen LogP contribution in [-0.4, -0.2) is 12.5 Å². The van der Waals surface area contributed by atoms with E-state index in [1.54, 1.807) is 0 Å². The van der Waals surface area contributed by atoms with E-state index in [0.29, 0.717) is 0 Å². The Balaban J connectivity index is 2.68. The highest BCUT2D eigenvalue weighted by molar-refractivity contribution is 5.82. The molecule has 1 aliphatic rings. The predicted octanol–water partition coefficient (Wildman–Crippen LogP) is 1.87. The van der Waals surface area contributed by atoms with Gasteiger partial charge in [0.15, 0.2) is 0 Å². The molecule has 0 spiro atoms. The van der Waals surface area contributed by atoms with Gasteiger partial charge in [-0.3, -0.25) is 4.79 Å². The van der Waals surface area contributed by atoms with Crippen LogP contribution in [0.15, 0.2) is 12.7 Å². The van der Waals surface area contributed by atoms with Gasteiger partial charge in [-0.25, -0.2) is 0 Å². The molecule has 0 aliphatic carbocycles. The van der Waals surface area contributed by atoms with Crippen molar-refractivity contribution in [2.75, 3.05) is 6.54 Å². The molecule has 2 nitrogen and oxygen atoms in total. The molecule has 1 unspecified atom stereocenters. The zero-order chi connectivity index (χ0) is 9.03. The van der Waals surface area contributed by atoms with Crippen LogP contribution in [0.4, 0.5) is 0 Å². The molecular formula is C10H17NO. The maximum Gasteiger partial charge on any atom is 0.226 e. The van der Waals surface area contributed by atoms with Crippen LogP contribution in [-0.2, 0) is 4.79 Å². The van der Waals surface area contributed by atoms with Gasteiger partial charge in [0.05, 0.1) is 0 Å². The molecule has 0 aromatic heterocycles. The average Bonchev–Trinajstić information content (AvgIpc) is 2.17. The number of allylic oxidation sites excluding steroid dienone is 1. The summed E-state index contributed by atoms with van der Waals surface area (Å²) in [4.78, 5) is 11.6. The lowest BCUT2D eigenvalue weighted by atomic mass is 9.82. The Kier molecular flexibility index (Phi) is 2.90. The molecule has 0 aromatic rings. The van der Waals surface area contributed by atoms with Crippen molar-refractivity contribution in [3.63, 3.8) is 0 Å². The lowest BCUT2D eigenvalue weighted by molar-refractivity contribution is -0.129. The molecule has 1 saturated heterocycles. The minimum absolute atomic E-state index is 0.194. The van der Waals surface area contributed by atoms with E-state index in [9.17, 15) is 4.79 Å². The van der Waals surface area contributed by atoms with E-state index in [0.717, 1.165) is 32.2 Å². The summed E-state index contributed by atoms with van der Waals surface area (Å²) < 4.78 is 0. The van der Waals surface area contributed by atoms with Gasteiger partial charge < -0.3 is 5.32 Å². The number of carbonyl (C=O) groups is 1. The summed E-state index contributed by atoms with van der Waals surface area (Å²) in [6, 6.07) is 0. The molecule has 68 valence electrons. The maximum absolute atomic E-state index is 11.6. The minimum Gasteiger partial charge on any atom is -0.356 e. The Morgan fingerprint density at radius 3 is 3.08 bits per heavy atom. The van der Waals surface area contributed by atoms with Crippen molar-refractivity contribution in [1.29, 1.82) is 0 Å². The third-order valence-corrected chi connectivity index (χ3v) is 2.58. The second-order valence-corrected chi connectivity index (χ2v) is 3.77. The Morgan fingerprint density at radius 1 is 1.67 bits per heavy atom. The minimum atomic E-state index is -0.196. The van der Waals surface area contributed by atoms with E-state index in [4.69, 9.17) is 0 Å².